The molecule has 0 aliphatic heterocycles. The van der Waals surface area contributed by atoms with E-state index in [-0.39, 0.29) is 11.6 Å². The van der Waals surface area contributed by atoms with E-state index in [4.69, 9.17) is 11.1 Å². The van der Waals surface area contributed by atoms with Gasteiger partial charge in [-0.15, -0.1) is 0 Å². The van der Waals surface area contributed by atoms with Crippen LogP contribution in [0.1, 0.15) is 16.1 Å². The van der Waals surface area contributed by atoms with Crippen molar-refractivity contribution < 1.29 is 4.79 Å². The highest BCUT2D eigenvalue weighted by molar-refractivity contribution is 6.05. The van der Waals surface area contributed by atoms with Gasteiger partial charge in [0.15, 0.2) is 0 Å². The van der Waals surface area contributed by atoms with Gasteiger partial charge in [-0.2, -0.15) is 5.26 Å². The number of hydrogen-bond donors (Lipinski definition) is 2. The number of nitrogen functional groups attached to an aromatic ring is 1. The molecule has 20 heavy (non-hydrogen) atoms. The fourth-order valence-corrected chi connectivity index (χ4v) is 1.78. The van der Waals surface area contributed by atoms with Crippen LogP contribution in [0.25, 0.3) is 0 Å². The molecule has 1 amide bonds. The molecule has 2 rings (SSSR count). The second-order valence-corrected chi connectivity index (χ2v) is 4.07. The fourth-order valence-electron chi connectivity index (χ4n) is 1.78. The SMILES string of the molecule is CN(C(=O)c1cc(NN)ccn1)c1ccccc1C#N. The average molecular weight is 267 g/mol. The van der Waals surface area contributed by atoms with E-state index in [1.807, 2.05) is 0 Å². The molecule has 0 aliphatic carbocycles. The Balaban J connectivity index is 2.35. The molecule has 1 aromatic carbocycles. The number of benzene rings is 1. The molecule has 1 heterocycles. The van der Waals surface area contributed by atoms with Gasteiger partial charge in [0.2, 0.25) is 0 Å². The lowest BCUT2D eigenvalue weighted by atomic mass is 10.1. The number of nitriles is 1. The summed E-state index contributed by atoms with van der Waals surface area (Å²) >= 11 is 0. The first-order valence-electron chi connectivity index (χ1n) is 5.87. The van der Waals surface area contributed by atoms with Crippen LogP contribution in [0.15, 0.2) is 42.6 Å². The minimum absolute atomic E-state index is 0.246. The Kier molecular flexibility index (Phi) is 3.93. The summed E-state index contributed by atoms with van der Waals surface area (Å²) in [6, 6.07) is 12.1. The van der Waals surface area contributed by atoms with Crippen molar-refractivity contribution in [1.29, 1.82) is 5.26 Å². The first kappa shape index (κ1) is 13.5. The molecule has 100 valence electrons. The van der Waals surface area contributed by atoms with Crippen LogP contribution in [0.5, 0.6) is 0 Å². The average Bonchev–Trinajstić information content (AvgIpc) is 2.53. The molecule has 0 unspecified atom stereocenters. The largest absolute Gasteiger partial charge is 0.324 e. The number of hydrogen-bond acceptors (Lipinski definition) is 5. The summed E-state index contributed by atoms with van der Waals surface area (Å²) in [7, 11) is 1.60. The Labute approximate surface area is 116 Å². The number of nitrogens with one attached hydrogen (secondary N) is 1. The quantitative estimate of drug-likeness (QED) is 0.649. The van der Waals surface area contributed by atoms with Gasteiger partial charge in [-0.3, -0.25) is 15.6 Å². The zero-order chi connectivity index (χ0) is 14.5. The van der Waals surface area contributed by atoms with E-state index in [1.54, 1.807) is 43.4 Å². The second kappa shape index (κ2) is 5.82. The van der Waals surface area contributed by atoms with Crippen molar-refractivity contribution in [3.63, 3.8) is 0 Å². The normalized spacial score (nSPS) is 9.65. The van der Waals surface area contributed by atoms with Crippen LogP contribution in [-0.4, -0.2) is 17.9 Å². The highest BCUT2D eigenvalue weighted by Crippen LogP contribution is 2.20. The van der Waals surface area contributed by atoms with Crippen molar-refractivity contribution in [1.82, 2.24) is 4.98 Å². The highest BCUT2D eigenvalue weighted by atomic mass is 16.2. The molecule has 0 radical (unpaired) electrons. The molecule has 0 aliphatic rings. The first-order valence-corrected chi connectivity index (χ1v) is 5.87. The number of anilines is 2. The number of rotatable bonds is 3. The molecule has 0 fully saturated rings. The van der Waals surface area contributed by atoms with Gasteiger partial charge in [0.05, 0.1) is 16.9 Å². The molecule has 0 saturated carbocycles. The van der Waals surface area contributed by atoms with Gasteiger partial charge in [0.1, 0.15) is 11.8 Å². The van der Waals surface area contributed by atoms with Crippen LogP contribution in [0.3, 0.4) is 0 Å². The molecule has 0 bridgehead atoms. The topological polar surface area (TPSA) is 95.0 Å². The van der Waals surface area contributed by atoms with E-state index >= 15 is 0 Å². The van der Waals surface area contributed by atoms with E-state index in [0.717, 1.165) is 0 Å². The van der Waals surface area contributed by atoms with E-state index in [2.05, 4.69) is 16.5 Å². The second-order valence-electron chi connectivity index (χ2n) is 4.07. The van der Waals surface area contributed by atoms with Crippen molar-refractivity contribution in [3.8, 4) is 6.07 Å². The third kappa shape index (κ3) is 2.58. The number of carbonyl (C=O) groups excluding carboxylic acids is 1. The number of pyridine rings is 1. The molecule has 0 saturated heterocycles. The van der Waals surface area contributed by atoms with Crippen LogP contribution < -0.4 is 16.2 Å². The van der Waals surface area contributed by atoms with Crippen molar-refractivity contribution in [2.24, 2.45) is 5.84 Å². The summed E-state index contributed by atoms with van der Waals surface area (Å²) in [5.74, 6) is 4.99. The molecule has 2 aromatic rings. The summed E-state index contributed by atoms with van der Waals surface area (Å²) in [6.07, 6.45) is 1.49. The van der Waals surface area contributed by atoms with E-state index in [9.17, 15) is 4.79 Å². The zero-order valence-electron chi connectivity index (χ0n) is 10.9. The summed E-state index contributed by atoms with van der Waals surface area (Å²) in [4.78, 5) is 17.8. The molecular weight excluding hydrogens is 254 g/mol. The maximum absolute atomic E-state index is 12.4. The Morgan fingerprint density at radius 3 is 2.85 bits per heavy atom. The van der Waals surface area contributed by atoms with E-state index < -0.39 is 0 Å². The summed E-state index contributed by atoms with van der Waals surface area (Å²) in [5, 5.41) is 9.07. The third-order valence-electron chi connectivity index (χ3n) is 2.84. The Morgan fingerprint density at radius 1 is 1.40 bits per heavy atom. The van der Waals surface area contributed by atoms with E-state index in [0.29, 0.717) is 16.9 Å². The Bertz CT molecular complexity index is 677. The number of aromatic nitrogens is 1. The molecule has 1 aromatic heterocycles. The third-order valence-corrected chi connectivity index (χ3v) is 2.84. The molecular formula is C14H13N5O. The molecule has 6 nitrogen and oxygen atoms in total. The van der Waals surface area contributed by atoms with E-state index in [1.165, 1.54) is 11.1 Å². The van der Waals surface area contributed by atoms with Crippen LogP contribution >= 0.6 is 0 Å². The Hall–Kier alpha value is -2.91. The number of hydrazine groups is 1. The van der Waals surface area contributed by atoms with Gasteiger partial charge in [-0.05, 0) is 24.3 Å². The zero-order valence-corrected chi connectivity index (χ0v) is 10.9. The summed E-state index contributed by atoms with van der Waals surface area (Å²) < 4.78 is 0. The summed E-state index contributed by atoms with van der Waals surface area (Å²) in [6.45, 7) is 0. The smallest absolute Gasteiger partial charge is 0.276 e. The predicted molar refractivity (Wildman–Crippen MR) is 75.9 cm³/mol. The standard InChI is InChI=1S/C14H13N5O/c1-19(13-5-3-2-4-10(13)9-15)14(20)12-8-11(18-16)6-7-17-12/h2-8H,16H2,1H3,(H,17,18). The van der Waals surface area contributed by atoms with Gasteiger partial charge in [0.25, 0.3) is 5.91 Å². The van der Waals surface area contributed by atoms with Crippen molar-refractivity contribution in [2.75, 3.05) is 17.4 Å². The van der Waals surface area contributed by atoms with Gasteiger partial charge in [-0.25, -0.2) is 0 Å². The van der Waals surface area contributed by atoms with Gasteiger partial charge in [-0.1, -0.05) is 12.1 Å². The fraction of sp³-hybridized carbons (Fsp3) is 0.0714. The van der Waals surface area contributed by atoms with Gasteiger partial charge < -0.3 is 10.3 Å². The predicted octanol–water partition coefficient (Wildman–Crippen LogP) is 1.52. The number of nitrogens with zero attached hydrogens (tertiary/aromatic N) is 3. The first-order chi connectivity index (χ1) is 9.67. The van der Waals surface area contributed by atoms with Crippen LogP contribution in [0, 0.1) is 11.3 Å². The number of carbonyl (C=O) groups is 1. The van der Waals surface area contributed by atoms with Crippen molar-refractivity contribution in [2.45, 2.75) is 0 Å². The lowest BCUT2D eigenvalue weighted by molar-refractivity contribution is 0.0988. The molecule has 3 N–H and O–H groups in total. The maximum atomic E-state index is 12.4. The highest BCUT2D eigenvalue weighted by Gasteiger charge is 2.17. The van der Waals surface area contributed by atoms with Crippen LogP contribution in [-0.2, 0) is 0 Å². The summed E-state index contributed by atoms with van der Waals surface area (Å²) in [5.41, 5.74) is 4.26. The molecule has 6 heteroatoms. The monoisotopic (exact) mass is 267 g/mol. The van der Waals surface area contributed by atoms with Crippen molar-refractivity contribution in [3.05, 3.63) is 53.9 Å². The number of amides is 1. The minimum atomic E-state index is -0.315. The minimum Gasteiger partial charge on any atom is -0.324 e. The lowest BCUT2D eigenvalue weighted by Gasteiger charge is -2.18. The molecule has 0 atom stereocenters. The van der Waals surface area contributed by atoms with Gasteiger partial charge in [0, 0.05) is 13.2 Å². The van der Waals surface area contributed by atoms with Crippen molar-refractivity contribution >= 4 is 17.3 Å². The number of nitrogens with two attached hydrogens (primary N) is 1. The Morgan fingerprint density at radius 2 is 2.15 bits per heavy atom. The van der Waals surface area contributed by atoms with Gasteiger partial charge >= 0.3 is 0 Å². The maximum Gasteiger partial charge on any atom is 0.276 e. The number of para-hydroxylation sites is 1. The lowest BCUT2D eigenvalue weighted by Crippen LogP contribution is -2.28. The van der Waals surface area contributed by atoms with Crippen LogP contribution in [0.4, 0.5) is 11.4 Å². The van der Waals surface area contributed by atoms with Crippen LogP contribution in [0.2, 0.25) is 0 Å². The molecule has 0 spiro atoms.